The lowest BCUT2D eigenvalue weighted by Crippen LogP contribution is -2.52. The van der Waals surface area contributed by atoms with Crippen molar-refractivity contribution in [3.63, 3.8) is 0 Å². The molecule has 4 heteroatoms. The summed E-state index contributed by atoms with van der Waals surface area (Å²) in [4.78, 5) is 17.2. The summed E-state index contributed by atoms with van der Waals surface area (Å²) in [5.41, 5.74) is 5.00. The fourth-order valence-electron chi connectivity index (χ4n) is 4.26. The van der Waals surface area contributed by atoms with Gasteiger partial charge in [0, 0.05) is 22.4 Å². The van der Waals surface area contributed by atoms with Crippen molar-refractivity contribution in [2.24, 2.45) is 9.98 Å². The number of nitrogens with zero attached hydrogens (tertiary/aromatic N) is 4. The molecule has 2 atom stereocenters. The van der Waals surface area contributed by atoms with Gasteiger partial charge in [-0.05, 0) is 51.1 Å². The molecule has 2 unspecified atom stereocenters. The first kappa shape index (κ1) is 16.3. The number of allylic oxidation sites excluding steroid dienone is 3. The van der Waals surface area contributed by atoms with Gasteiger partial charge in [-0.15, -0.1) is 0 Å². The van der Waals surface area contributed by atoms with Gasteiger partial charge in [-0.2, -0.15) is 0 Å². The molecule has 0 bridgehead atoms. The Balaban J connectivity index is 1.41. The molecule has 0 fully saturated rings. The molecule has 4 nitrogen and oxygen atoms in total. The number of dihydropyridines is 1. The van der Waals surface area contributed by atoms with Crippen LogP contribution in [-0.2, 0) is 6.42 Å². The van der Waals surface area contributed by atoms with E-state index < -0.39 is 5.66 Å². The summed E-state index contributed by atoms with van der Waals surface area (Å²) in [6, 6.07) is 12.5. The van der Waals surface area contributed by atoms with E-state index in [9.17, 15) is 0 Å². The highest BCUT2D eigenvalue weighted by atomic mass is 15.4. The summed E-state index contributed by atoms with van der Waals surface area (Å²) in [5, 5.41) is 1.18. The predicted octanol–water partition coefficient (Wildman–Crippen LogP) is 4.10. The Bertz CT molecular complexity index is 1070. The lowest BCUT2D eigenvalue weighted by Gasteiger charge is -2.39. The summed E-state index contributed by atoms with van der Waals surface area (Å²) < 4.78 is 0. The summed E-state index contributed by atoms with van der Waals surface area (Å²) in [6.45, 7) is 2.05. The van der Waals surface area contributed by atoms with Crippen LogP contribution in [0.5, 0.6) is 0 Å². The van der Waals surface area contributed by atoms with Gasteiger partial charge in [-0.1, -0.05) is 42.5 Å². The van der Waals surface area contributed by atoms with Crippen molar-refractivity contribution in [1.29, 1.82) is 0 Å². The molecule has 134 valence electrons. The van der Waals surface area contributed by atoms with Gasteiger partial charge in [0.1, 0.15) is 6.17 Å². The van der Waals surface area contributed by atoms with Crippen LogP contribution in [0.4, 0.5) is 0 Å². The van der Waals surface area contributed by atoms with Crippen molar-refractivity contribution in [3.05, 3.63) is 78.0 Å². The van der Waals surface area contributed by atoms with Crippen LogP contribution in [0.15, 0.2) is 82.3 Å². The highest BCUT2D eigenvalue weighted by Crippen LogP contribution is 2.40. The molecule has 2 aliphatic heterocycles. The van der Waals surface area contributed by atoms with Gasteiger partial charge in [-0.3, -0.25) is 19.9 Å². The van der Waals surface area contributed by atoms with Gasteiger partial charge in [0.05, 0.1) is 11.2 Å². The normalized spacial score (nSPS) is 26.4. The Morgan fingerprint density at radius 1 is 1.07 bits per heavy atom. The first-order valence-corrected chi connectivity index (χ1v) is 9.46. The van der Waals surface area contributed by atoms with Crippen molar-refractivity contribution in [2.75, 3.05) is 7.05 Å². The van der Waals surface area contributed by atoms with Crippen LogP contribution >= 0.6 is 0 Å². The Kier molecular flexibility index (Phi) is 3.69. The smallest absolute Gasteiger partial charge is 0.182 e. The molecule has 3 heterocycles. The van der Waals surface area contributed by atoms with Crippen molar-refractivity contribution in [2.45, 2.75) is 31.6 Å². The second-order valence-corrected chi connectivity index (χ2v) is 7.38. The van der Waals surface area contributed by atoms with Gasteiger partial charge < -0.3 is 0 Å². The maximum Gasteiger partial charge on any atom is 0.182 e. The van der Waals surface area contributed by atoms with Crippen LogP contribution in [0.3, 0.4) is 0 Å². The number of para-hydroxylation sites is 1. The second kappa shape index (κ2) is 6.10. The molecule has 0 saturated heterocycles. The highest BCUT2D eigenvalue weighted by molar-refractivity contribution is 6.11. The molecule has 0 N–H and O–H groups in total. The van der Waals surface area contributed by atoms with Crippen molar-refractivity contribution >= 4 is 22.3 Å². The van der Waals surface area contributed by atoms with E-state index in [1.54, 1.807) is 0 Å². The average Bonchev–Trinajstić information content (AvgIpc) is 2.96. The second-order valence-electron chi connectivity index (χ2n) is 7.38. The molecule has 1 aromatic heterocycles. The third kappa shape index (κ3) is 2.52. The lowest BCUT2D eigenvalue weighted by molar-refractivity contribution is 0.184. The van der Waals surface area contributed by atoms with E-state index in [-0.39, 0.29) is 6.17 Å². The van der Waals surface area contributed by atoms with Gasteiger partial charge in [0.25, 0.3) is 0 Å². The minimum Gasteiger partial charge on any atom is -0.266 e. The van der Waals surface area contributed by atoms with E-state index in [1.807, 2.05) is 12.1 Å². The first-order chi connectivity index (χ1) is 13.2. The van der Waals surface area contributed by atoms with E-state index >= 15 is 0 Å². The number of fused-ring (bicyclic) bond motifs is 1. The molecule has 0 radical (unpaired) electrons. The molecule has 1 aliphatic carbocycles. The Morgan fingerprint density at radius 2 is 1.96 bits per heavy atom. The van der Waals surface area contributed by atoms with Crippen molar-refractivity contribution in [1.82, 2.24) is 9.88 Å². The minimum absolute atomic E-state index is 0.0995. The van der Waals surface area contributed by atoms with Crippen molar-refractivity contribution in [3.8, 4) is 0 Å². The van der Waals surface area contributed by atoms with E-state index in [0.29, 0.717) is 0 Å². The standard InChI is InChI=1S/C23H22N4/c1-16-10-12-18-7-5-9-21-23(18,26-16)27(2)22(25-21)15-14-19-13-11-17-6-3-4-8-20(17)24-19/h3-13,22H,14-15H2,1-2H3. The fourth-order valence-corrected chi connectivity index (χ4v) is 4.26. The number of hydrogen-bond donors (Lipinski definition) is 0. The number of rotatable bonds is 3. The number of hydrogen-bond acceptors (Lipinski definition) is 4. The van der Waals surface area contributed by atoms with Gasteiger partial charge in [0.2, 0.25) is 0 Å². The van der Waals surface area contributed by atoms with Crippen LogP contribution in [0.2, 0.25) is 0 Å². The molecule has 3 aliphatic rings. The van der Waals surface area contributed by atoms with E-state index in [4.69, 9.17) is 15.0 Å². The van der Waals surface area contributed by atoms with Gasteiger partial charge in [0.15, 0.2) is 5.66 Å². The van der Waals surface area contributed by atoms with Crippen LogP contribution in [-0.4, -0.2) is 40.2 Å². The zero-order valence-corrected chi connectivity index (χ0v) is 15.6. The number of pyridine rings is 1. The fraction of sp³-hybridized carbons (Fsp3) is 0.261. The minimum atomic E-state index is -0.449. The summed E-state index contributed by atoms with van der Waals surface area (Å²) in [5.74, 6) is 0. The largest absolute Gasteiger partial charge is 0.266 e. The SMILES string of the molecule is CC1=NC23C(=CC=CC2=NC(CCc2ccc4ccccc4n2)N3C)C=C1. The lowest BCUT2D eigenvalue weighted by atomic mass is 9.87. The molecule has 2 aromatic rings. The summed E-state index contributed by atoms with van der Waals surface area (Å²) in [6.07, 6.45) is 12.5. The third-order valence-corrected chi connectivity index (χ3v) is 5.69. The first-order valence-electron chi connectivity index (χ1n) is 9.46. The Labute approximate surface area is 159 Å². The van der Waals surface area contributed by atoms with Gasteiger partial charge >= 0.3 is 0 Å². The number of likely N-dealkylation sites (N-methyl/N-ethyl adjacent to an activating group) is 1. The zero-order valence-electron chi connectivity index (χ0n) is 15.6. The average molecular weight is 354 g/mol. The van der Waals surface area contributed by atoms with Crippen LogP contribution in [0, 0.1) is 0 Å². The van der Waals surface area contributed by atoms with Crippen molar-refractivity contribution < 1.29 is 0 Å². The predicted molar refractivity (Wildman–Crippen MR) is 111 cm³/mol. The van der Waals surface area contributed by atoms with Crippen LogP contribution in [0.25, 0.3) is 10.9 Å². The molecule has 0 amide bonds. The number of benzene rings is 1. The number of aliphatic imine (C=N–C) groups is 2. The molecule has 5 rings (SSSR count). The topological polar surface area (TPSA) is 40.9 Å². The molecule has 1 aromatic carbocycles. The van der Waals surface area contributed by atoms with Crippen LogP contribution < -0.4 is 0 Å². The summed E-state index contributed by atoms with van der Waals surface area (Å²) >= 11 is 0. The van der Waals surface area contributed by atoms with E-state index in [0.717, 1.165) is 35.5 Å². The molecular formula is C23H22N4. The maximum atomic E-state index is 5.02. The molecule has 0 saturated carbocycles. The molecular weight excluding hydrogens is 332 g/mol. The zero-order chi connectivity index (χ0) is 18.4. The Hall–Kier alpha value is -2.85. The molecule has 27 heavy (non-hydrogen) atoms. The third-order valence-electron chi connectivity index (χ3n) is 5.69. The molecule has 1 spiro atoms. The number of aromatic nitrogens is 1. The monoisotopic (exact) mass is 354 g/mol. The van der Waals surface area contributed by atoms with E-state index in [2.05, 4.69) is 73.5 Å². The quantitative estimate of drug-likeness (QED) is 0.832. The maximum absolute atomic E-state index is 5.02. The number of aryl methyl sites for hydroxylation is 1. The van der Waals surface area contributed by atoms with Crippen LogP contribution in [0.1, 0.15) is 19.0 Å². The Morgan fingerprint density at radius 3 is 2.89 bits per heavy atom. The van der Waals surface area contributed by atoms with Gasteiger partial charge in [-0.25, -0.2) is 0 Å². The highest BCUT2D eigenvalue weighted by Gasteiger charge is 2.50. The summed E-state index contributed by atoms with van der Waals surface area (Å²) in [7, 11) is 2.14. The van der Waals surface area contributed by atoms with E-state index in [1.165, 1.54) is 11.0 Å².